The maximum atomic E-state index is 13.1. The Morgan fingerprint density at radius 2 is 2.11 bits per heavy atom. The minimum atomic E-state index is -0.992. The molecule has 1 aromatic heterocycles. The first-order chi connectivity index (χ1) is 17.5. The summed E-state index contributed by atoms with van der Waals surface area (Å²) in [5.74, 6) is 3.63. The first-order valence-corrected chi connectivity index (χ1v) is 13.7. The first-order valence-electron chi connectivity index (χ1n) is 10.8. The van der Waals surface area contributed by atoms with E-state index in [0.717, 1.165) is 11.3 Å². The van der Waals surface area contributed by atoms with Gasteiger partial charge < -0.3 is 25.7 Å². The molecule has 0 aromatic carbocycles. The van der Waals surface area contributed by atoms with Crippen molar-refractivity contribution in [3.63, 3.8) is 0 Å². The van der Waals surface area contributed by atoms with Crippen LogP contribution in [0.5, 0.6) is 0 Å². The molecule has 0 radical (unpaired) electrons. The number of nitrogen functional groups attached to an aromatic ring is 1. The van der Waals surface area contributed by atoms with E-state index in [0.29, 0.717) is 16.4 Å². The summed E-state index contributed by atoms with van der Waals surface area (Å²) in [5, 5.41) is 15.9. The fourth-order valence-corrected chi connectivity index (χ4v) is 6.12. The van der Waals surface area contributed by atoms with Gasteiger partial charge in [0.15, 0.2) is 10.8 Å². The maximum absolute atomic E-state index is 13.1. The Kier molecular flexibility index (Phi) is 9.11. The minimum Gasteiger partial charge on any atom is -0.427 e. The molecule has 15 heteroatoms. The molecule has 1 fully saturated rings. The number of thioether (sulfide) groups is 2. The number of nitrogens with zero attached hydrogens (tertiary/aromatic N) is 3. The molecule has 0 spiro atoms. The summed E-state index contributed by atoms with van der Waals surface area (Å²) in [6.07, 6.45) is 0. The Morgan fingerprint density at radius 3 is 2.70 bits per heavy atom. The smallest absolute Gasteiger partial charge is 0.358 e. The largest absolute Gasteiger partial charge is 0.427 e. The van der Waals surface area contributed by atoms with E-state index in [4.69, 9.17) is 15.2 Å². The third kappa shape index (κ3) is 6.38. The Labute approximate surface area is 225 Å². The predicted octanol–water partition coefficient (Wildman–Crippen LogP) is 1.36. The Morgan fingerprint density at radius 1 is 1.38 bits per heavy atom. The highest BCUT2D eigenvalue weighted by atomic mass is 32.2. The fourth-order valence-electron chi connectivity index (χ4n) is 3.13. The summed E-state index contributed by atoms with van der Waals surface area (Å²) in [4.78, 5) is 56.5. The Hall–Kier alpha value is -3.22. The first kappa shape index (κ1) is 28.4. The molecule has 2 atom stereocenters. The molecule has 1 aromatic rings. The second-order valence-electron chi connectivity index (χ2n) is 8.60. The number of carbonyl (C=O) groups is 4. The lowest BCUT2D eigenvalue weighted by Crippen LogP contribution is -2.71. The van der Waals surface area contributed by atoms with Crippen LogP contribution < -0.4 is 11.1 Å². The van der Waals surface area contributed by atoms with Crippen molar-refractivity contribution in [1.29, 1.82) is 0 Å². The topological polar surface area (TPSA) is 174 Å². The fraction of sp³-hybridized carbons (Fsp3) is 0.455. The van der Waals surface area contributed by atoms with Crippen LogP contribution in [0, 0.1) is 17.3 Å². The molecule has 4 N–H and O–H groups in total. The van der Waals surface area contributed by atoms with E-state index in [1.54, 1.807) is 27.7 Å². The van der Waals surface area contributed by atoms with Gasteiger partial charge in [-0.15, -0.1) is 40.8 Å². The second kappa shape index (κ2) is 11.9. The number of aromatic nitrogens is 1. The molecule has 0 unspecified atom stereocenters. The number of β-lactam (4-membered cyclic amide) rings is 1. The number of ether oxygens (including phenoxy) is 2. The van der Waals surface area contributed by atoms with E-state index < -0.39 is 53.1 Å². The molecular weight excluding hydrogens is 542 g/mol. The van der Waals surface area contributed by atoms with Crippen molar-refractivity contribution < 1.29 is 33.9 Å². The van der Waals surface area contributed by atoms with Crippen LogP contribution in [0.2, 0.25) is 0 Å². The summed E-state index contributed by atoms with van der Waals surface area (Å²) >= 11 is 3.69. The monoisotopic (exact) mass is 567 g/mol. The van der Waals surface area contributed by atoms with Gasteiger partial charge in [0.2, 0.25) is 6.79 Å². The van der Waals surface area contributed by atoms with Gasteiger partial charge in [-0.25, -0.2) is 9.78 Å². The SMILES string of the molecule is CC#CCSC1=C(C(=O)OCOC(=O)C(C)(C)C)N2C(=O)[C@@H](NC(=O)/C(=N\O)c3csc(N)n3)[C@@H]2SC1. The van der Waals surface area contributed by atoms with Gasteiger partial charge in [0.1, 0.15) is 22.8 Å². The van der Waals surface area contributed by atoms with Crippen molar-refractivity contribution in [3.8, 4) is 11.8 Å². The standard InChI is InChI=1S/C22H25N5O7S3/c1-5-6-7-35-12-9-36-18-14(25-16(28)13(26-32)11-8-37-21(23)24-11)17(29)27(18)15(12)19(30)33-10-34-20(31)22(2,3)4/h8,14,18,32H,7,9-10H2,1-4H3,(H2,23,24)(H,25,28)/b26-13-/t14-,18+/m1/s1. The Bertz CT molecular complexity index is 1230. The van der Waals surface area contributed by atoms with Crippen LogP contribution in [0.25, 0.3) is 0 Å². The van der Waals surface area contributed by atoms with Crippen LogP contribution in [0.4, 0.5) is 5.13 Å². The highest BCUT2D eigenvalue weighted by Gasteiger charge is 2.55. The van der Waals surface area contributed by atoms with Crippen molar-refractivity contribution in [1.82, 2.24) is 15.2 Å². The van der Waals surface area contributed by atoms with Crippen LogP contribution in [0.1, 0.15) is 33.4 Å². The van der Waals surface area contributed by atoms with E-state index >= 15 is 0 Å². The van der Waals surface area contributed by atoms with Crippen LogP contribution in [0.15, 0.2) is 21.1 Å². The van der Waals surface area contributed by atoms with Gasteiger partial charge in [-0.2, -0.15) is 0 Å². The summed E-state index contributed by atoms with van der Waals surface area (Å²) < 4.78 is 10.2. The molecule has 3 heterocycles. The quantitative estimate of drug-likeness (QED) is 0.0787. The number of esters is 2. The molecular formula is C22H25N5O7S3. The van der Waals surface area contributed by atoms with Crippen LogP contribution in [-0.2, 0) is 28.7 Å². The lowest BCUT2D eigenvalue weighted by atomic mass is 9.98. The molecule has 37 heavy (non-hydrogen) atoms. The number of hydrogen-bond acceptors (Lipinski definition) is 13. The number of carbonyl (C=O) groups excluding carboxylic acids is 4. The van der Waals surface area contributed by atoms with Gasteiger partial charge in [-0.05, 0) is 27.7 Å². The maximum Gasteiger partial charge on any atom is 0.358 e. The highest BCUT2D eigenvalue weighted by Crippen LogP contribution is 2.43. The zero-order valence-electron chi connectivity index (χ0n) is 20.4. The van der Waals surface area contributed by atoms with Crippen LogP contribution in [-0.4, -0.2) is 74.3 Å². The molecule has 12 nitrogen and oxygen atoms in total. The van der Waals surface area contributed by atoms with Gasteiger partial charge in [0.05, 0.1) is 11.2 Å². The number of fused-ring (bicyclic) bond motifs is 1. The minimum absolute atomic E-state index is 0.0114. The normalized spacial score (nSPS) is 19.3. The average molecular weight is 568 g/mol. The number of thiazole rings is 1. The van der Waals surface area contributed by atoms with Gasteiger partial charge in [-0.1, -0.05) is 11.1 Å². The molecule has 2 amide bonds. The lowest BCUT2D eigenvalue weighted by Gasteiger charge is -2.49. The molecule has 2 aliphatic rings. The summed E-state index contributed by atoms with van der Waals surface area (Å²) in [5.41, 5.74) is 4.48. The zero-order chi connectivity index (χ0) is 27.3. The molecule has 1 saturated heterocycles. The van der Waals surface area contributed by atoms with Crippen molar-refractivity contribution >= 4 is 69.5 Å². The zero-order valence-corrected chi connectivity index (χ0v) is 22.8. The summed E-state index contributed by atoms with van der Waals surface area (Å²) in [7, 11) is 0. The van der Waals surface area contributed by atoms with Crippen molar-refractivity contribution in [2.24, 2.45) is 10.6 Å². The van der Waals surface area contributed by atoms with Gasteiger partial charge in [0.25, 0.3) is 11.8 Å². The predicted molar refractivity (Wildman–Crippen MR) is 139 cm³/mol. The molecule has 3 rings (SSSR count). The number of anilines is 1. The highest BCUT2D eigenvalue weighted by molar-refractivity contribution is 8.06. The third-order valence-corrected chi connectivity index (χ3v) is 8.09. The average Bonchev–Trinajstić information content (AvgIpc) is 3.27. The van der Waals surface area contributed by atoms with Gasteiger partial charge in [0, 0.05) is 16.0 Å². The number of nitrogens with two attached hydrogens (primary N) is 1. The van der Waals surface area contributed by atoms with E-state index in [1.807, 2.05) is 0 Å². The summed E-state index contributed by atoms with van der Waals surface area (Å²) in [6.45, 7) is 6.06. The van der Waals surface area contributed by atoms with Crippen LogP contribution in [0.3, 0.4) is 0 Å². The Balaban J connectivity index is 1.75. The molecule has 0 saturated carbocycles. The number of hydrogen-bond donors (Lipinski definition) is 3. The molecule has 0 aliphatic carbocycles. The van der Waals surface area contributed by atoms with Gasteiger partial charge >= 0.3 is 11.9 Å². The van der Waals surface area contributed by atoms with E-state index in [9.17, 15) is 24.4 Å². The lowest BCUT2D eigenvalue weighted by molar-refractivity contribution is -0.173. The third-order valence-electron chi connectivity index (χ3n) is 4.98. The molecule has 2 aliphatic heterocycles. The number of oxime groups is 1. The van der Waals surface area contributed by atoms with E-state index in [-0.39, 0.29) is 16.5 Å². The molecule has 0 bridgehead atoms. The van der Waals surface area contributed by atoms with Crippen molar-refractivity contribution in [2.75, 3.05) is 24.0 Å². The van der Waals surface area contributed by atoms with Gasteiger partial charge in [-0.3, -0.25) is 19.3 Å². The number of amides is 2. The van der Waals surface area contributed by atoms with Crippen molar-refractivity contribution in [2.45, 2.75) is 39.1 Å². The summed E-state index contributed by atoms with van der Waals surface area (Å²) in [6, 6.07) is -0.992. The number of rotatable bonds is 8. The number of nitrogens with one attached hydrogen (secondary N) is 1. The van der Waals surface area contributed by atoms with E-state index in [2.05, 4.69) is 27.3 Å². The van der Waals surface area contributed by atoms with Crippen molar-refractivity contribution in [3.05, 3.63) is 21.7 Å². The second-order valence-corrected chi connectivity index (χ2v) is 11.7. The van der Waals surface area contributed by atoms with E-state index in [1.165, 1.54) is 33.8 Å². The molecule has 198 valence electrons. The van der Waals surface area contributed by atoms with Crippen LogP contribution >= 0.6 is 34.9 Å².